The van der Waals surface area contributed by atoms with Gasteiger partial charge in [-0.25, -0.2) is 9.59 Å². The van der Waals surface area contributed by atoms with Crippen LogP contribution in [0.2, 0.25) is 0 Å². The molecule has 0 aliphatic carbocycles. The molecule has 0 heterocycles. The molecule has 0 aromatic rings. The fourth-order valence-electron chi connectivity index (χ4n) is 0.588. The predicted molar refractivity (Wildman–Crippen MR) is 45.3 cm³/mol. The molecule has 0 saturated heterocycles. The summed E-state index contributed by atoms with van der Waals surface area (Å²) < 4.78 is 0. The molecular formula is C7H14N2O4. The maximum atomic E-state index is 11.1. The summed E-state index contributed by atoms with van der Waals surface area (Å²) in [5.74, 6) is -1.25. The van der Waals surface area contributed by atoms with Gasteiger partial charge in [0.2, 0.25) is 0 Å². The molecule has 3 N–H and O–H groups in total. The van der Waals surface area contributed by atoms with Crippen LogP contribution in [0.4, 0.5) is 4.79 Å². The van der Waals surface area contributed by atoms with Crippen LogP contribution in [0.15, 0.2) is 0 Å². The molecule has 76 valence electrons. The van der Waals surface area contributed by atoms with Crippen LogP contribution in [0.3, 0.4) is 0 Å². The Morgan fingerprint density at radius 3 is 2.38 bits per heavy atom. The molecule has 0 fully saturated rings. The second kappa shape index (κ2) is 5.36. The highest BCUT2D eigenvalue weighted by Crippen LogP contribution is 1.87. The minimum absolute atomic E-state index is 0.476. The smallest absolute Gasteiger partial charge is 0.328 e. The average Bonchev–Trinajstić information content (AvgIpc) is 2.11. The average molecular weight is 190 g/mol. The lowest BCUT2D eigenvalue weighted by molar-refractivity contribution is -0.140. The Bertz CT molecular complexity index is 195. The number of aliphatic hydroxyl groups excluding tert-OH is 1. The lowest BCUT2D eigenvalue weighted by atomic mass is 10.3. The van der Waals surface area contributed by atoms with E-state index in [2.05, 4.69) is 5.32 Å². The molecule has 6 heteroatoms. The molecule has 0 spiro atoms. The van der Waals surface area contributed by atoms with Gasteiger partial charge in [-0.1, -0.05) is 0 Å². The topological polar surface area (TPSA) is 89.9 Å². The van der Waals surface area contributed by atoms with Crippen molar-refractivity contribution in [1.82, 2.24) is 10.2 Å². The molecule has 0 aromatic carbocycles. The highest BCUT2D eigenvalue weighted by Gasteiger charge is 2.19. The fourth-order valence-corrected chi connectivity index (χ4v) is 0.588. The van der Waals surface area contributed by atoms with Crippen LogP contribution in [0.25, 0.3) is 0 Å². The molecule has 0 rings (SSSR count). The van der Waals surface area contributed by atoms with E-state index >= 15 is 0 Å². The van der Waals surface area contributed by atoms with Crippen LogP contribution in [0, 0.1) is 0 Å². The van der Waals surface area contributed by atoms with Crippen LogP contribution in [-0.2, 0) is 4.79 Å². The van der Waals surface area contributed by atoms with Gasteiger partial charge < -0.3 is 20.4 Å². The van der Waals surface area contributed by atoms with Crippen LogP contribution in [0.5, 0.6) is 0 Å². The van der Waals surface area contributed by atoms with Crippen LogP contribution in [0.1, 0.15) is 6.92 Å². The Labute approximate surface area is 76.2 Å². The molecule has 0 aromatic heterocycles. The third-order valence-corrected chi connectivity index (χ3v) is 1.60. The van der Waals surface area contributed by atoms with E-state index in [0.29, 0.717) is 6.54 Å². The minimum atomic E-state index is -1.25. The summed E-state index contributed by atoms with van der Waals surface area (Å²) in [5.41, 5.74) is 0. The van der Waals surface area contributed by atoms with Crippen molar-refractivity contribution in [1.29, 1.82) is 0 Å². The van der Waals surface area contributed by atoms with E-state index in [1.807, 2.05) is 0 Å². The normalized spacial score (nSPS) is 11.9. The zero-order valence-corrected chi connectivity index (χ0v) is 7.65. The highest BCUT2D eigenvalue weighted by molar-refractivity contribution is 5.82. The molecule has 0 bridgehead atoms. The Morgan fingerprint density at radius 2 is 2.08 bits per heavy atom. The summed E-state index contributed by atoms with van der Waals surface area (Å²) in [6, 6.07) is -1.74. The third-order valence-electron chi connectivity index (χ3n) is 1.60. The highest BCUT2D eigenvalue weighted by atomic mass is 16.4. The van der Waals surface area contributed by atoms with E-state index in [9.17, 15) is 9.59 Å². The monoisotopic (exact) mass is 190 g/mol. The number of hydrogen-bond acceptors (Lipinski definition) is 3. The number of nitrogens with zero attached hydrogens (tertiary/aromatic N) is 1. The first-order valence-electron chi connectivity index (χ1n) is 3.88. The molecule has 0 saturated carbocycles. The number of rotatable bonds is 4. The van der Waals surface area contributed by atoms with E-state index in [0.717, 1.165) is 0 Å². The fraction of sp³-hybridized carbons (Fsp3) is 0.714. The number of carbonyl (C=O) groups excluding carboxylic acids is 1. The largest absolute Gasteiger partial charge is 0.480 e. The minimum Gasteiger partial charge on any atom is -0.480 e. The second-order valence-electron chi connectivity index (χ2n) is 2.54. The summed E-state index contributed by atoms with van der Waals surface area (Å²) in [6.07, 6.45) is 0. The number of urea groups is 1. The number of aliphatic hydroxyl groups is 1. The van der Waals surface area contributed by atoms with Gasteiger partial charge in [-0.15, -0.1) is 0 Å². The molecule has 13 heavy (non-hydrogen) atoms. The SMILES string of the molecule is CCN(C)C(=O)N[C@H](CO)C(=O)O. The van der Waals surface area contributed by atoms with E-state index in [1.54, 1.807) is 6.92 Å². The van der Waals surface area contributed by atoms with Gasteiger partial charge in [0.05, 0.1) is 6.61 Å². The lowest BCUT2D eigenvalue weighted by Crippen LogP contribution is -2.48. The van der Waals surface area contributed by atoms with Crippen molar-refractivity contribution in [2.24, 2.45) is 0 Å². The van der Waals surface area contributed by atoms with Gasteiger partial charge in [0.15, 0.2) is 6.04 Å². The summed E-state index contributed by atoms with van der Waals surface area (Å²) >= 11 is 0. The van der Waals surface area contributed by atoms with Crippen molar-refractivity contribution in [3.8, 4) is 0 Å². The molecule has 0 aliphatic heterocycles. The van der Waals surface area contributed by atoms with Gasteiger partial charge in [-0.3, -0.25) is 0 Å². The quantitative estimate of drug-likeness (QED) is 0.535. The first kappa shape index (κ1) is 11.7. The van der Waals surface area contributed by atoms with Crippen molar-refractivity contribution >= 4 is 12.0 Å². The van der Waals surface area contributed by atoms with Crippen molar-refractivity contribution in [3.63, 3.8) is 0 Å². The molecule has 0 aliphatic rings. The maximum absolute atomic E-state index is 11.1. The first-order valence-corrected chi connectivity index (χ1v) is 3.88. The summed E-state index contributed by atoms with van der Waals surface area (Å²) in [4.78, 5) is 22.8. The van der Waals surface area contributed by atoms with Crippen molar-refractivity contribution in [2.45, 2.75) is 13.0 Å². The number of carboxylic acids is 1. The van der Waals surface area contributed by atoms with Crippen LogP contribution < -0.4 is 5.32 Å². The summed E-state index contributed by atoms with van der Waals surface area (Å²) in [5, 5.41) is 19.2. The molecule has 1 atom stereocenters. The molecule has 0 radical (unpaired) electrons. The number of amides is 2. The zero-order chi connectivity index (χ0) is 10.4. The van der Waals surface area contributed by atoms with Gasteiger partial charge in [0.25, 0.3) is 0 Å². The van der Waals surface area contributed by atoms with Crippen molar-refractivity contribution in [2.75, 3.05) is 20.2 Å². The van der Waals surface area contributed by atoms with E-state index < -0.39 is 24.6 Å². The Kier molecular flexibility index (Phi) is 4.83. The van der Waals surface area contributed by atoms with Gasteiger partial charge in [-0.05, 0) is 6.92 Å². The number of nitrogens with one attached hydrogen (secondary N) is 1. The molecule has 2 amide bonds. The second-order valence-corrected chi connectivity index (χ2v) is 2.54. The number of carbonyl (C=O) groups is 2. The van der Waals surface area contributed by atoms with Crippen molar-refractivity contribution < 1.29 is 19.8 Å². The summed E-state index contributed by atoms with van der Waals surface area (Å²) in [7, 11) is 1.53. The third kappa shape index (κ3) is 3.75. The number of carboxylic acid groups (broad SMARTS) is 1. The van der Waals surface area contributed by atoms with Crippen LogP contribution in [-0.4, -0.2) is 53.4 Å². The Hall–Kier alpha value is -1.30. The van der Waals surface area contributed by atoms with Gasteiger partial charge in [-0.2, -0.15) is 0 Å². The van der Waals surface area contributed by atoms with Crippen molar-refractivity contribution in [3.05, 3.63) is 0 Å². The Balaban J connectivity index is 4.09. The zero-order valence-electron chi connectivity index (χ0n) is 7.65. The predicted octanol–water partition coefficient (Wildman–Crippen LogP) is -0.907. The first-order chi connectivity index (χ1) is 6.02. The van der Waals surface area contributed by atoms with E-state index in [1.165, 1.54) is 11.9 Å². The number of hydrogen-bond donors (Lipinski definition) is 3. The molecule has 0 unspecified atom stereocenters. The lowest BCUT2D eigenvalue weighted by Gasteiger charge is -2.18. The summed E-state index contributed by atoms with van der Waals surface area (Å²) in [6.45, 7) is 1.62. The number of aliphatic carboxylic acids is 1. The van der Waals surface area contributed by atoms with Crippen LogP contribution >= 0.6 is 0 Å². The van der Waals surface area contributed by atoms with Gasteiger partial charge >= 0.3 is 12.0 Å². The van der Waals surface area contributed by atoms with Gasteiger partial charge in [0.1, 0.15) is 0 Å². The standard InChI is InChI=1S/C7H14N2O4/c1-3-9(2)7(13)8-5(4-10)6(11)12/h5,10H,3-4H2,1-2H3,(H,8,13)(H,11,12)/t5-/m1/s1. The molecular weight excluding hydrogens is 176 g/mol. The van der Waals surface area contributed by atoms with Gasteiger partial charge in [0, 0.05) is 13.6 Å². The van der Waals surface area contributed by atoms with E-state index in [4.69, 9.17) is 10.2 Å². The molecule has 6 nitrogen and oxygen atoms in total. The Morgan fingerprint density at radius 1 is 1.54 bits per heavy atom. The maximum Gasteiger partial charge on any atom is 0.328 e. The van der Waals surface area contributed by atoms with E-state index in [-0.39, 0.29) is 0 Å².